The molecule has 0 aliphatic carbocycles. The van der Waals surface area contributed by atoms with Gasteiger partial charge < -0.3 is 9.47 Å². The fourth-order valence-corrected chi connectivity index (χ4v) is 3.30. The van der Waals surface area contributed by atoms with Gasteiger partial charge in [0, 0.05) is 11.6 Å². The molecule has 0 unspecified atom stereocenters. The summed E-state index contributed by atoms with van der Waals surface area (Å²) in [6.45, 7) is 2.34. The second kappa shape index (κ2) is 11.1. The zero-order valence-corrected chi connectivity index (χ0v) is 18.8. The molecule has 170 valence electrons. The molecule has 0 spiro atoms. The van der Waals surface area contributed by atoms with Gasteiger partial charge in [0.2, 0.25) is 5.91 Å². The summed E-state index contributed by atoms with van der Waals surface area (Å²) < 4.78 is 11.2. The highest BCUT2D eigenvalue weighted by molar-refractivity contribution is 6.32. The zero-order chi connectivity index (χ0) is 23.8. The molecule has 0 bridgehead atoms. The lowest BCUT2D eigenvalue weighted by Crippen LogP contribution is -2.20. The predicted octanol–water partition coefficient (Wildman–Crippen LogP) is 4.84. The van der Waals surface area contributed by atoms with E-state index in [9.17, 15) is 14.9 Å². The van der Waals surface area contributed by atoms with Gasteiger partial charge in [-0.05, 0) is 30.2 Å². The second-order valence-electron chi connectivity index (χ2n) is 7.16. The number of nitro benzene ring substituents is 1. The van der Waals surface area contributed by atoms with E-state index in [0.717, 1.165) is 11.1 Å². The Labute approximate surface area is 195 Å². The molecule has 3 aromatic carbocycles. The summed E-state index contributed by atoms with van der Waals surface area (Å²) in [6, 6.07) is 17.3. The number of nitrogens with zero attached hydrogens (tertiary/aromatic N) is 2. The number of ether oxygens (including phenoxy) is 2. The van der Waals surface area contributed by atoms with Gasteiger partial charge in [-0.25, -0.2) is 5.43 Å². The van der Waals surface area contributed by atoms with Crippen LogP contribution in [0.5, 0.6) is 11.5 Å². The van der Waals surface area contributed by atoms with Crippen molar-refractivity contribution in [1.82, 2.24) is 5.43 Å². The SMILES string of the molecule is COc1cc(/C=N/NC(=O)Cc2ccccc2[N+](=O)[O-])cc(Cl)c1OCc1ccc(C)cc1. The summed E-state index contributed by atoms with van der Waals surface area (Å²) in [6.07, 6.45) is 1.22. The summed E-state index contributed by atoms with van der Waals surface area (Å²) in [4.78, 5) is 22.7. The monoisotopic (exact) mass is 467 g/mol. The molecule has 0 saturated heterocycles. The maximum absolute atomic E-state index is 12.1. The third-order valence-corrected chi connectivity index (χ3v) is 4.98. The molecule has 1 amide bonds. The van der Waals surface area contributed by atoms with Crippen LogP contribution in [0.1, 0.15) is 22.3 Å². The van der Waals surface area contributed by atoms with Crippen LogP contribution in [0, 0.1) is 17.0 Å². The Morgan fingerprint density at radius 3 is 2.61 bits per heavy atom. The number of nitrogens with one attached hydrogen (secondary N) is 1. The number of halogens is 1. The third kappa shape index (κ3) is 6.54. The van der Waals surface area contributed by atoms with Crippen LogP contribution in [0.2, 0.25) is 5.02 Å². The predicted molar refractivity (Wildman–Crippen MR) is 126 cm³/mol. The van der Waals surface area contributed by atoms with Crippen molar-refractivity contribution < 1.29 is 19.2 Å². The fourth-order valence-electron chi connectivity index (χ4n) is 3.02. The van der Waals surface area contributed by atoms with Crippen molar-refractivity contribution >= 4 is 29.4 Å². The lowest BCUT2D eigenvalue weighted by atomic mass is 10.1. The molecule has 3 rings (SSSR count). The van der Waals surface area contributed by atoms with Crippen molar-refractivity contribution in [3.63, 3.8) is 0 Å². The first-order valence-corrected chi connectivity index (χ1v) is 10.3. The summed E-state index contributed by atoms with van der Waals surface area (Å²) in [5.74, 6) is 0.330. The number of carbonyl (C=O) groups is 1. The van der Waals surface area contributed by atoms with Crippen molar-refractivity contribution in [2.45, 2.75) is 20.0 Å². The van der Waals surface area contributed by atoms with E-state index >= 15 is 0 Å². The minimum atomic E-state index is -0.525. The van der Waals surface area contributed by atoms with E-state index in [0.29, 0.717) is 34.3 Å². The quantitative estimate of drug-likeness (QED) is 0.275. The Balaban J connectivity index is 1.65. The first kappa shape index (κ1) is 23.7. The van der Waals surface area contributed by atoms with Crippen molar-refractivity contribution in [3.8, 4) is 11.5 Å². The molecule has 3 aromatic rings. The Bertz CT molecular complexity index is 1180. The standard InChI is InChI=1S/C24H22ClN3O5/c1-16-7-9-17(10-8-16)15-33-24-20(25)11-18(12-22(24)32-2)14-26-27-23(29)13-19-5-3-4-6-21(19)28(30)31/h3-12,14H,13,15H2,1-2H3,(H,27,29)/b26-14+. The zero-order valence-electron chi connectivity index (χ0n) is 18.1. The highest BCUT2D eigenvalue weighted by atomic mass is 35.5. The molecule has 0 aliphatic rings. The number of aryl methyl sites for hydroxylation is 1. The molecule has 0 heterocycles. The van der Waals surface area contributed by atoms with Crippen LogP contribution < -0.4 is 14.9 Å². The van der Waals surface area contributed by atoms with Gasteiger partial charge in [0.1, 0.15) is 6.61 Å². The van der Waals surface area contributed by atoms with Crippen LogP contribution in [0.25, 0.3) is 0 Å². The van der Waals surface area contributed by atoms with Gasteiger partial charge in [-0.2, -0.15) is 5.10 Å². The highest BCUT2D eigenvalue weighted by Crippen LogP contribution is 2.36. The number of carbonyl (C=O) groups excluding carboxylic acids is 1. The molecule has 1 N–H and O–H groups in total. The van der Waals surface area contributed by atoms with E-state index in [1.807, 2.05) is 31.2 Å². The smallest absolute Gasteiger partial charge is 0.273 e. The van der Waals surface area contributed by atoms with E-state index in [4.69, 9.17) is 21.1 Å². The van der Waals surface area contributed by atoms with E-state index in [-0.39, 0.29) is 12.1 Å². The second-order valence-corrected chi connectivity index (χ2v) is 7.57. The van der Waals surface area contributed by atoms with Crippen molar-refractivity contribution in [1.29, 1.82) is 0 Å². The number of benzene rings is 3. The van der Waals surface area contributed by atoms with Crippen LogP contribution in [0.15, 0.2) is 65.8 Å². The Hall–Kier alpha value is -3.91. The first-order chi connectivity index (χ1) is 15.9. The molecule has 0 fully saturated rings. The summed E-state index contributed by atoms with van der Waals surface area (Å²) in [7, 11) is 1.50. The normalized spacial score (nSPS) is 10.8. The average molecular weight is 468 g/mol. The fraction of sp³-hybridized carbons (Fsp3) is 0.167. The molecule has 0 aliphatic heterocycles. The highest BCUT2D eigenvalue weighted by Gasteiger charge is 2.15. The third-order valence-electron chi connectivity index (χ3n) is 4.70. The lowest BCUT2D eigenvalue weighted by molar-refractivity contribution is -0.385. The van der Waals surface area contributed by atoms with Gasteiger partial charge in [-0.1, -0.05) is 59.6 Å². The Morgan fingerprint density at radius 1 is 1.18 bits per heavy atom. The molecule has 0 radical (unpaired) electrons. The van der Waals surface area contributed by atoms with Crippen molar-refractivity contribution in [2.75, 3.05) is 7.11 Å². The van der Waals surface area contributed by atoms with Gasteiger partial charge >= 0.3 is 0 Å². The van der Waals surface area contributed by atoms with E-state index in [1.54, 1.807) is 24.3 Å². The van der Waals surface area contributed by atoms with Crippen LogP contribution in [0.4, 0.5) is 5.69 Å². The van der Waals surface area contributed by atoms with E-state index < -0.39 is 10.8 Å². The van der Waals surface area contributed by atoms with E-state index in [2.05, 4.69) is 10.5 Å². The number of hydrogen-bond acceptors (Lipinski definition) is 6. The van der Waals surface area contributed by atoms with Gasteiger partial charge in [-0.15, -0.1) is 0 Å². The molecular weight excluding hydrogens is 446 g/mol. The first-order valence-electron chi connectivity index (χ1n) is 9.97. The van der Waals surface area contributed by atoms with Crippen molar-refractivity contribution in [3.05, 3.63) is 98.1 Å². The van der Waals surface area contributed by atoms with Crippen LogP contribution >= 0.6 is 11.6 Å². The maximum Gasteiger partial charge on any atom is 0.273 e. The number of rotatable bonds is 9. The van der Waals surface area contributed by atoms with E-state index in [1.165, 1.54) is 25.5 Å². The molecular formula is C24H22ClN3O5. The Kier molecular flexibility index (Phi) is 7.99. The number of para-hydroxylation sites is 1. The maximum atomic E-state index is 12.1. The number of methoxy groups -OCH3 is 1. The molecule has 0 atom stereocenters. The summed E-state index contributed by atoms with van der Waals surface area (Å²) >= 11 is 6.38. The number of amides is 1. The number of hydrogen-bond donors (Lipinski definition) is 1. The Morgan fingerprint density at radius 2 is 1.91 bits per heavy atom. The van der Waals surface area contributed by atoms with Crippen molar-refractivity contribution in [2.24, 2.45) is 5.10 Å². The summed E-state index contributed by atoms with van der Waals surface area (Å²) in [5, 5.41) is 15.3. The van der Waals surface area contributed by atoms with Gasteiger partial charge in [0.25, 0.3) is 5.69 Å². The minimum Gasteiger partial charge on any atom is -0.493 e. The largest absolute Gasteiger partial charge is 0.493 e. The van der Waals surface area contributed by atoms with Crippen LogP contribution in [-0.2, 0) is 17.8 Å². The molecule has 0 saturated carbocycles. The summed E-state index contributed by atoms with van der Waals surface area (Å²) in [5.41, 5.74) is 5.27. The molecule has 33 heavy (non-hydrogen) atoms. The minimum absolute atomic E-state index is 0.116. The van der Waals surface area contributed by atoms with Gasteiger partial charge in [-0.3, -0.25) is 14.9 Å². The topological polar surface area (TPSA) is 103 Å². The average Bonchev–Trinajstić information content (AvgIpc) is 2.79. The molecule has 8 nitrogen and oxygen atoms in total. The van der Waals surface area contributed by atoms with Gasteiger partial charge in [0.05, 0.1) is 29.7 Å². The molecule has 9 heteroatoms. The van der Waals surface area contributed by atoms with Crippen LogP contribution in [-0.4, -0.2) is 24.2 Å². The van der Waals surface area contributed by atoms with Gasteiger partial charge in [0.15, 0.2) is 11.5 Å². The number of nitro groups is 1. The molecule has 0 aromatic heterocycles. The lowest BCUT2D eigenvalue weighted by Gasteiger charge is -2.13. The number of hydrazone groups is 1. The van der Waals surface area contributed by atoms with Crippen LogP contribution in [0.3, 0.4) is 0 Å².